The fourth-order valence-electron chi connectivity index (χ4n) is 2.68. The molecular formula is C20H23N3O3S2. The van der Waals surface area contributed by atoms with Gasteiger partial charge < -0.3 is 4.90 Å². The number of nitrogens with zero attached hydrogens (tertiary/aromatic N) is 2. The van der Waals surface area contributed by atoms with Gasteiger partial charge in [-0.05, 0) is 49.7 Å². The SMILES string of the molecule is CC[C@@H](C)NS(=O)(=O)c1ccc(C(=O)N(C)Cc2nc3ccccc3s2)cc1. The first-order valence-corrected chi connectivity index (χ1v) is 11.3. The Labute approximate surface area is 169 Å². The molecule has 3 rings (SSSR count). The van der Waals surface area contributed by atoms with E-state index in [-0.39, 0.29) is 16.8 Å². The van der Waals surface area contributed by atoms with E-state index in [4.69, 9.17) is 0 Å². The van der Waals surface area contributed by atoms with Gasteiger partial charge in [0.2, 0.25) is 10.0 Å². The van der Waals surface area contributed by atoms with Crippen molar-refractivity contribution in [1.29, 1.82) is 0 Å². The van der Waals surface area contributed by atoms with Gasteiger partial charge in [0.25, 0.3) is 5.91 Å². The van der Waals surface area contributed by atoms with Crippen LogP contribution in [0, 0.1) is 0 Å². The molecule has 0 aliphatic carbocycles. The number of rotatable bonds is 7. The van der Waals surface area contributed by atoms with E-state index in [0.717, 1.165) is 15.2 Å². The maximum atomic E-state index is 12.7. The smallest absolute Gasteiger partial charge is 0.253 e. The highest BCUT2D eigenvalue weighted by Gasteiger charge is 2.19. The first kappa shape index (κ1) is 20.4. The van der Waals surface area contributed by atoms with Crippen LogP contribution in [0.5, 0.6) is 0 Å². The quantitative estimate of drug-likeness (QED) is 0.636. The number of hydrogen-bond acceptors (Lipinski definition) is 5. The van der Waals surface area contributed by atoms with Crippen molar-refractivity contribution in [2.75, 3.05) is 7.05 Å². The second kappa shape index (κ2) is 8.38. The minimum Gasteiger partial charge on any atom is -0.335 e. The Hall–Kier alpha value is -2.29. The van der Waals surface area contributed by atoms with E-state index in [9.17, 15) is 13.2 Å². The summed E-state index contributed by atoms with van der Waals surface area (Å²) >= 11 is 1.56. The number of aromatic nitrogens is 1. The van der Waals surface area contributed by atoms with Gasteiger partial charge in [-0.25, -0.2) is 18.1 Å². The molecule has 1 aromatic heterocycles. The maximum absolute atomic E-state index is 12.7. The fraction of sp³-hybridized carbons (Fsp3) is 0.300. The zero-order valence-corrected chi connectivity index (χ0v) is 17.7. The lowest BCUT2D eigenvalue weighted by atomic mass is 10.2. The third kappa shape index (κ3) is 4.57. The molecule has 6 nitrogen and oxygen atoms in total. The third-order valence-electron chi connectivity index (χ3n) is 4.44. The fourth-order valence-corrected chi connectivity index (χ4v) is 5.02. The van der Waals surface area contributed by atoms with Gasteiger partial charge in [0, 0.05) is 18.7 Å². The van der Waals surface area contributed by atoms with Gasteiger partial charge in [0.05, 0.1) is 21.7 Å². The highest BCUT2D eigenvalue weighted by atomic mass is 32.2. The van der Waals surface area contributed by atoms with Gasteiger partial charge in [-0.1, -0.05) is 19.1 Å². The first-order valence-electron chi connectivity index (χ1n) is 9.02. The number of carbonyl (C=O) groups excluding carboxylic acids is 1. The Morgan fingerprint density at radius 2 is 1.86 bits per heavy atom. The van der Waals surface area contributed by atoms with Gasteiger partial charge >= 0.3 is 0 Å². The molecule has 0 spiro atoms. The van der Waals surface area contributed by atoms with Crippen molar-refractivity contribution in [2.45, 2.75) is 37.8 Å². The van der Waals surface area contributed by atoms with Crippen LogP contribution in [0.4, 0.5) is 0 Å². The number of nitrogens with one attached hydrogen (secondary N) is 1. The van der Waals surface area contributed by atoms with Crippen molar-refractivity contribution in [3.63, 3.8) is 0 Å². The van der Waals surface area contributed by atoms with Crippen LogP contribution in [0.3, 0.4) is 0 Å². The molecule has 0 aliphatic rings. The topological polar surface area (TPSA) is 79.4 Å². The summed E-state index contributed by atoms with van der Waals surface area (Å²) in [6.45, 7) is 4.12. The van der Waals surface area contributed by atoms with Crippen LogP contribution in [0.2, 0.25) is 0 Å². The van der Waals surface area contributed by atoms with Gasteiger partial charge in [-0.15, -0.1) is 11.3 Å². The summed E-state index contributed by atoms with van der Waals surface area (Å²) in [5.41, 5.74) is 1.36. The molecule has 0 bridgehead atoms. The Balaban J connectivity index is 1.71. The number of fused-ring (bicyclic) bond motifs is 1. The molecule has 1 heterocycles. The van der Waals surface area contributed by atoms with E-state index in [0.29, 0.717) is 18.5 Å². The number of sulfonamides is 1. The van der Waals surface area contributed by atoms with E-state index < -0.39 is 10.0 Å². The average molecular weight is 418 g/mol. The molecule has 28 heavy (non-hydrogen) atoms. The second-order valence-corrected chi connectivity index (χ2v) is 9.52. The lowest BCUT2D eigenvalue weighted by Gasteiger charge is -2.16. The first-order chi connectivity index (χ1) is 13.3. The van der Waals surface area contributed by atoms with Crippen molar-refractivity contribution in [3.05, 3.63) is 59.1 Å². The van der Waals surface area contributed by atoms with Crippen molar-refractivity contribution in [2.24, 2.45) is 0 Å². The molecule has 2 aromatic carbocycles. The van der Waals surface area contributed by atoms with Crippen molar-refractivity contribution < 1.29 is 13.2 Å². The molecule has 8 heteroatoms. The van der Waals surface area contributed by atoms with Crippen LogP contribution in [-0.2, 0) is 16.6 Å². The monoisotopic (exact) mass is 417 g/mol. The highest BCUT2D eigenvalue weighted by Crippen LogP contribution is 2.23. The normalized spacial score (nSPS) is 12.8. The van der Waals surface area contributed by atoms with Crippen LogP contribution < -0.4 is 4.72 Å². The zero-order chi connectivity index (χ0) is 20.3. The number of benzene rings is 2. The number of thiazole rings is 1. The molecule has 1 atom stereocenters. The predicted molar refractivity (Wildman–Crippen MR) is 112 cm³/mol. The van der Waals surface area contributed by atoms with Crippen molar-refractivity contribution in [3.8, 4) is 0 Å². The van der Waals surface area contributed by atoms with E-state index in [2.05, 4.69) is 9.71 Å². The van der Waals surface area contributed by atoms with Crippen LogP contribution in [0.15, 0.2) is 53.4 Å². The highest BCUT2D eigenvalue weighted by molar-refractivity contribution is 7.89. The number of hydrogen-bond donors (Lipinski definition) is 1. The van der Waals surface area contributed by atoms with E-state index in [1.807, 2.05) is 38.1 Å². The second-order valence-electron chi connectivity index (χ2n) is 6.69. The van der Waals surface area contributed by atoms with Crippen LogP contribution in [-0.4, -0.2) is 37.3 Å². The largest absolute Gasteiger partial charge is 0.335 e. The summed E-state index contributed by atoms with van der Waals surface area (Å²) in [6.07, 6.45) is 0.701. The summed E-state index contributed by atoms with van der Waals surface area (Å²) in [5, 5.41) is 0.856. The Kier molecular flexibility index (Phi) is 6.12. The molecule has 0 radical (unpaired) electrons. The third-order valence-corrected chi connectivity index (χ3v) is 7.06. The average Bonchev–Trinajstić information content (AvgIpc) is 3.09. The minimum absolute atomic E-state index is 0.147. The molecule has 3 aromatic rings. The van der Waals surface area contributed by atoms with Crippen LogP contribution in [0.25, 0.3) is 10.2 Å². The van der Waals surface area contributed by atoms with Gasteiger partial charge in [-0.2, -0.15) is 0 Å². The Morgan fingerprint density at radius 1 is 1.18 bits per heavy atom. The minimum atomic E-state index is -3.58. The van der Waals surface area contributed by atoms with Gasteiger partial charge in [0.15, 0.2) is 0 Å². The van der Waals surface area contributed by atoms with Crippen LogP contribution >= 0.6 is 11.3 Å². The molecule has 1 N–H and O–H groups in total. The standard InChI is InChI=1S/C20H23N3O3S2/c1-4-14(2)22-28(25,26)16-11-9-15(10-12-16)20(24)23(3)13-19-21-17-7-5-6-8-18(17)27-19/h5-12,14,22H,4,13H2,1-3H3/t14-/m1/s1. The lowest BCUT2D eigenvalue weighted by molar-refractivity contribution is 0.0785. The van der Waals surface area contributed by atoms with Crippen molar-refractivity contribution in [1.82, 2.24) is 14.6 Å². The van der Waals surface area contributed by atoms with E-state index >= 15 is 0 Å². The molecule has 0 aliphatic heterocycles. The molecule has 0 unspecified atom stereocenters. The number of para-hydroxylation sites is 1. The van der Waals surface area contributed by atoms with Gasteiger partial charge in [-0.3, -0.25) is 4.79 Å². The molecule has 0 fully saturated rings. The predicted octanol–water partition coefficient (Wildman–Crippen LogP) is 3.65. The van der Waals surface area contributed by atoms with E-state index in [1.54, 1.807) is 35.4 Å². The summed E-state index contributed by atoms with van der Waals surface area (Å²) in [7, 11) is -1.87. The summed E-state index contributed by atoms with van der Waals surface area (Å²) in [4.78, 5) is 19.0. The van der Waals surface area contributed by atoms with E-state index in [1.165, 1.54) is 12.1 Å². The van der Waals surface area contributed by atoms with Gasteiger partial charge in [0.1, 0.15) is 5.01 Å². The Morgan fingerprint density at radius 3 is 2.50 bits per heavy atom. The summed E-state index contributed by atoms with van der Waals surface area (Å²) in [5.74, 6) is -0.182. The summed E-state index contributed by atoms with van der Waals surface area (Å²) < 4.78 is 28.4. The number of carbonyl (C=O) groups is 1. The molecule has 0 saturated carbocycles. The van der Waals surface area contributed by atoms with Crippen LogP contribution in [0.1, 0.15) is 35.6 Å². The molecule has 0 saturated heterocycles. The molecular weight excluding hydrogens is 394 g/mol. The zero-order valence-electron chi connectivity index (χ0n) is 16.0. The summed E-state index contributed by atoms with van der Waals surface area (Å²) in [6, 6.07) is 13.7. The Bertz CT molecular complexity index is 1040. The number of amides is 1. The molecule has 148 valence electrons. The lowest BCUT2D eigenvalue weighted by Crippen LogP contribution is -2.32. The van der Waals surface area contributed by atoms with Crippen molar-refractivity contribution >= 4 is 37.5 Å². The molecule has 1 amide bonds. The maximum Gasteiger partial charge on any atom is 0.253 e.